The summed E-state index contributed by atoms with van der Waals surface area (Å²) in [4.78, 5) is 14.4. The Balaban J connectivity index is 2.76. The molecule has 112 valence electrons. The third-order valence-electron chi connectivity index (χ3n) is 3.33. The van der Waals surface area contributed by atoms with E-state index in [-0.39, 0.29) is 11.7 Å². The van der Waals surface area contributed by atoms with Gasteiger partial charge in [-0.15, -0.1) is 0 Å². The first kappa shape index (κ1) is 16.5. The van der Waals surface area contributed by atoms with Crippen LogP contribution in [0.2, 0.25) is 0 Å². The normalized spacial score (nSPS) is 11.1. The number of carbonyl (C=O) groups excluding carboxylic acids is 1. The molecule has 3 heteroatoms. The molecular weight excluding hydrogens is 250 g/mol. The van der Waals surface area contributed by atoms with Crippen LogP contribution in [0.3, 0.4) is 0 Å². The van der Waals surface area contributed by atoms with Crippen LogP contribution in [0, 0.1) is 11.8 Å². The number of carbonyl (C=O) groups is 1. The number of amides is 1. The van der Waals surface area contributed by atoms with Crippen LogP contribution >= 0.6 is 0 Å². The Bertz CT molecular complexity index is 415. The smallest absolute Gasteiger partial charge is 0.253 e. The largest absolute Gasteiger partial charge is 0.508 e. The molecular formula is C17H27NO2. The van der Waals surface area contributed by atoms with Crippen molar-refractivity contribution in [1.29, 1.82) is 0 Å². The zero-order valence-corrected chi connectivity index (χ0v) is 13.1. The predicted octanol–water partition coefficient (Wildman–Crippen LogP) is 3.93. The fourth-order valence-corrected chi connectivity index (χ4v) is 1.96. The van der Waals surface area contributed by atoms with E-state index in [1.165, 1.54) is 0 Å². The van der Waals surface area contributed by atoms with Crippen molar-refractivity contribution >= 4 is 5.91 Å². The van der Waals surface area contributed by atoms with Gasteiger partial charge in [0.15, 0.2) is 0 Å². The fraction of sp³-hybridized carbons (Fsp3) is 0.588. The van der Waals surface area contributed by atoms with E-state index < -0.39 is 0 Å². The number of nitrogens with zero attached hydrogens (tertiary/aromatic N) is 1. The van der Waals surface area contributed by atoms with Gasteiger partial charge in [0.25, 0.3) is 5.91 Å². The Morgan fingerprint density at radius 3 is 2.10 bits per heavy atom. The molecule has 0 aromatic heterocycles. The highest BCUT2D eigenvalue weighted by Gasteiger charge is 2.16. The molecule has 0 bridgehead atoms. The fourth-order valence-electron chi connectivity index (χ4n) is 1.96. The summed E-state index contributed by atoms with van der Waals surface area (Å²) in [6.45, 7) is 10.2. The summed E-state index contributed by atoms with van der Waals surface area (Å²) in [5, 5.41) is 9.51. The van der Waals surface area contributed by atoms with Gasteiger partial charge >= 0.3 is 0 Å². The molecule has 0 aliphatic rings. The Morgan fingerprint density at radius 1 is 1.10 bits per heavy atom. The minimum Gasteiger partial charge on any atom is -0.508 e. The van der Waals surface area contributed by atoms with Gasteiger partial charge < -0.3 is 10.0 Å². The van der Waals surface area contributed by atoms with E-state index in [4.69, 9.17) is 0 Å². The van der Waals surface area contributed by atoms with Crippen molar-refractivity contribution in [3.63, 3.8) is 0 Å². The summed E-state index contributed by atoms with van der Waals surface area (Å²) < 4.78 is 0. The van der Waals surface area contributed by atoms with Crippen LogP contribution < -0.4 is 0 Å². The summed E-state index contributed by atoms with van der Waals surface area (Å²) in [7, 11) is 0. The molecule has 0 saturated heterocycles. The average molecular weight is 277 g/mol. The lowest BCUT2D eigenvalue weighted by molar-refractivity contribution is 0.0740. The lowest BCUT2D eigenvalue weighted by Crippen LogP contribution is -2.34. The molecule has 0 heterocycles. The van der Waals surface area contributed by atoms with Gasteiger partial charge in [0.05, 0.1) is 0 Å². The van der Waals surface area contributed by atoms with Crippen molar-refractivity contribution in [2.45, 2.75) is 40.5 Å². The van der Waals surface area contributed by atoms with Gasteiger partial charge in [-0.3, -0.25) is 4.79 Å². The third-order valence-corrected chi connectivity index (χ3v) is 3.33. The van der Waals surface area contributed by atoms with Crippen molar-refractivity contribution in [2.24, 2.45) is 11.8 Å². The maximum Gasteiger partial charge on any atom is 0.253 e. The van der Waals surface area contributed by atoms with Crippen LogP contribution in [-0.4, -0.2) is 29.0 Å². The average Bonchev–Trinajstić information content (AvgIpc) is 2.37. The molecule has 0 aliphatic carbocycles. The maximum absolute atomic E-state index is 12.5. The van der Waals surface area contributed by atoms with Gasteiger partial charge in [0, 0.05) is 18.7 Å². The number of phenols is 1. The molecule has 1 aromatic rings. The van der Waals surface area contributed by atoms with Crippen molar-refractivity contribution in [3.8, 4) is 5.75 Å². The predicted molar refractivity (Wildman–Crippen MR) is 82.9 cm³/mol. The summed E-state index contributed by atoms with van der Waals surface area (Å²) in [5.74, 6) is 1.31. The number of rotatable bonds is 7. The van der Waals surface area contributed by atoms with E-state index in [1.54, 1.807) is 24.3 Å². The van der Waals surface area contributed by atoms with Crippen molar-refractivity contribution in [1.82, 2.24) is 4.90 Å². The first-order valence-electron chi connectivity index (χ1n) is 7.48. The lowest BCUT2D eigenvalue weighted by atomic mass is 10.1. The van der Waals surface area contributed by atoms with Crippen LogP contribution in [0.25, 0.3) is 0 Å². The molecule has 0 unspecified atom stereocenters. The zero-order valence-electron chi connectivity index (χ0n) is 13.1. The summed E-state index contributed by atoms with van der Waals surface area (Å²) in [5.41, 5.74) is 0.567. The first-order valence-corrected chi connectivity index (χ1v) is 7.48. The van der Waals surface area contributed by atoms with E-state index in [0.29, 0.717) is 17.4 Å². The number of hydrogen-bond donors (Lipinski definition) is 1. The first-order chi connectivity index (χ1) is 9.40. The van der Waals surface area contributed by atoms with Crippen LogP contribution in [0.15, 0.2) is 24.3 Å². The highest BCUT2D eigenvalue weighted by atomic mass is 16.3. The number of phenolic OH excluding ortho intramolecular Hbond substituents is 1. The topological polar surface area (TPSA) is 40.5 Å². The second-order valence-electron chi connectivity index (χ2n) is 6.21. The molecule has 0 saturated carbocycles. The van der Waals surface area contributed by atoms with Crippen molar-refractivity contribution < 1.29 is 9.90 Å². The second-order valence-corrected chi connectivity index (χ2v) is 6.21. The molecule has 0 atom stereocenters. The standard InChI is InChI=1S/C17H27NO2/c1-13(2)8-10-18(11-9-14(3)4)17(20)15-6-5-7-16(19)12-15/h5-7,12-14,19H,8-11H2,1-4H3. The number of aromatic hydroxyl groups is 1. The summed E-state index contributed by atoms with van der Waals surface area (Å²) in [6.07, 6.45) is 2.01. The van der Waals surface area contributed by atoms with Gasteiger partial charge in [-0.25, -0.2) is 0 Å². The van der Waals surface area contributed by atoms with Gasteiger partial charge in [-0.05, 0) is 42.9 Å². The molecule has 0 radical (unpaired) electrons. The highest BCUT2D eigenvalue weighted by Crippen LogP contribution is 2.15. The maximum atomic E-state index is 12.5. The van der Waals surface area contributed by atoms with E-state index >= 15 is 0 Å². The molecule has 0 spiro atoms. The molecule has 0 aliphatic heterocycles. The monoisotopic (exact) mass is 277 g/mol. The lowest BCUT2D eigenvalue weighted by Gasteiger charge is -2.24. The van der Waals surface area contributed by atoms with Gasteiger partial charge in [0.2, 0.25) is 0 Å². The highest BCUT2D eigenvalue weighted by molar-refractivity contribution is 5.94. The van der Waals surface area contributed by atoms with Gasteiger partial charge in [0.1, 0.15) is 5.75 Å². The second kappa shape index (κ2) is 7.93. The van der Waals surface area contributed by atoms with Crippen molar-refractivity contribution in [3.05, 3.63) is 29.8 Å². The molecule has 0 fully saturated rings. The number of hydrogen-bond acceptors (Lipinski definition) is 2. The van der Waals surface area contributed by atoms with Gasteiger partial charge in [-0.1, -0.05) is 33.8 Å². The molecule has 1 aromatic carbocycles. The molecule has 1 amide bonds. The molecule has 20 heavy (non-hydrogen) atoms. The van der Waals surface area contributed by atoms with Crippen LogP contribution in [0.1, 0.15) is 50.9 Å². The third kappa shape index (κ3) is 5.64. The van der Waals surface area contributed by atoms with Crippen molar-refractivity contribution in [2.75, 3.05) is 13.1 Å². The Labute approximate surface area is 122 Å². The molecule has 3 nitrogen and oxygen atoms in total. The minimum atomic E-state index is 0.0159. The number of benzene rings is 1. The van der Waals surface area contributed by atoms with Crippen LogP contribution in [0.5, 0.6) is 5.75 Å². The summed E-state index contributed by atoms with van der Waals surface area (Å²) in [6, 6.07) is 6.61. The van der Waals surface area contributed by atoms with Crippen LogP contribution in [0.4, 0.5) is 0 Å². The Morgan fingerprint density at radius 2 is 1.65 bits per heavy atom. The molecule has 1 N–H and O–H groups in total. The van der Waals surface area contributed by atoms with E-state index in [0.717, 1.165) is 25.9 Å². The zero-order chi connectivity index (χ0) is 15.1. The van der Waals surface area contributed by atoms with E-state index in [2.05, 4.69) is 27.7 Å². The summed E-state index contributed by atoms with van der Waals surface area (Å²) >= 11 is 0. The SMILES string of the molecule is CC(C)CCN(CCC(C)C)C(=O)c1cccc(O)c1. The quantitative estimate of drug-likeness (QED) is 0.820. The van der Waals surface area contributed by atoms with Crippen LogP contribution in [-0.2, 0) is 0 Å². The Hall–Kier alpha value is -1.51. The van der Waals surface area contributed by atoms with E-state index in [9.17, 15) is 9.90 Å². The Kier molecular flexibility index (Phi) is 6.56. The van der Waals surface area contributed by atoms with Gasteiger partial charge in [-0.2, -0.15) is 0 Å². The molecule has 1 rings (SSSR count). The minimum absolute atomic E-state index is 0.0159. The van der Waals surface area contributed by atoms with E-state index in [1.807, 2.05) is 4.90 Å².